The van der Waals surface area contributed by atoms with Crippen LogP contribution in [0.25, 0.3) is 0 Å². The van der Waals surface area contributed by atoms with Gasteiger partial charge in [-0.15, -0.1) is 0 Å². The quantitative estimate of drug-likeness (QED) is 0.743. The number of ether oxygens (including phenoxy) is 1. The summed E-state index contributed by atoms with van der Waals surface area (Å²) >= 11 is 7.21. The van der Waals surface area contributed by atoms with Crippen molar-refractivity contribution >= 4 is 34.5 Å². The molecule has 1 atom stereocenters. The molecule has 0 aliphatic carbocycles. The summed E-state index contributed by atoms with van der Waals surface area (Å²) in [5.41, 5.74) is 1.70. The number of hydrogen-bond acceptors (Lipinski definition) is 4. The van der Waals surface area contributed by atoms with Gasteiger partial charge in [-0.3, -0.25) is 14.5 Å². The van der Waals surface area contributed by atoms with Crippen LogP contribution in [0.2, 0.25) is 5.02 Å². The molecule has 1 heterocycles. The summed E-state index contributed by atoms with van der Waals surface area (Å²) in [5, 5.41) is -0.112. The Morgan fingerprint density at radius 2 is 1.76 bits per heavy atom. The number of imide groups is 1. The number of halogens is 1. The highest BCUT2D eigenvalue weighted by Gasteiger charge is 2.40. The van der Waals surface area contributed by atoms with Crippen LogP contribution >= 0.6 is 23.4 Å². The van der Waals surface area contributed by atoms with E-state index >= 15 is 0 Å². The lowest BCUT2D eigenvalue weighted by molar-refractivity contribution is -0.127. The molecule has 2 aromatic rings. The van der Waals surface area contributed by atoms with Gasteiger partial charge < -0.3 is 4.74 Å². The minimum Gasteiger partial charge on any atom is -0.494 e. The number of hydrogen-bond donors (Lipinski definition) is 0. The maximum absolute atomic E-state index is 12.7. The number of carbonyl (C=O) groups excluding carboxylic acids is 2. The fourth-order valence-corrected chi connectivity index (χ4v) is 3.95. The highest BCUT2D eigenvalue weighted by atomic mass is 35.5. The lowest BCUT2D eigenvalue weighted by atomic mass is 10.1. The zero-order chi connectivity index (χ0) is 17.8. The minimum absolute atomic E-state index is 0.179. The third-order valence-corrected chi connectivity index (χ3v) is 5.41. The smallest absolute Gasteiger partial charge is 0.289 e. The van der Waals surface area contributed by atoms with Crippen molar-refractivity contribution in [2.75, 3.05) is 6.61 Å². The molecule has 0 bridgehead atoms. The van der Waals surface area contributed by atoms with Gasteiger partial charge in [0.05, 0.1) is 18.4 Å². The Morgan fingerprint density at radius 1 is 1.08 bits per heavy atom. The molecule has 0 unspecified atom stereocenters. The summed E-state index contributed by atoms with van der Waals surface area (Å²) in [6.45, 7) is 2.68. The highest BCUT2D eigenvalue weighted by molar-refractivity contribution is 8.15. The maximum Gasteiger partial charge on any atom is 0.289 e. The highest BCUT2D eigenvalue weighted by Crippen LogP contribution is 2.33. The van der Waals surface area contributed by atoms with Crippen molar-refractivity contribution in [1.82, 2.24) is 4.90 Å². The predicted octanol–water partition coefficient (Wildman–Crippen LogP) is 4.55. The Kier molecular flexibility index (Phi) is 5.66. The fourth-order valence-electron chi connectivity index (χ4n) is 2.74. The molecule has 0 radical (unpaired) electrons. The molecule has 0 aromatic heterocycles. The van der Waals surface area contributed by atoms with E-state index in [1.807, 2.05) is 49.4 Å². The van der Waals surface area contributed by atoms with Crippen molar-refractivity contribution in [3.05, 3.63) is 64.7 Å². The number of amides is 2. The molecule has 0 spiro atoms. The first kappa shape index (κ1) is 17.8. The number of rotatable bonds is 6. The van der Waals surface area contributed by atoms with Crippen molar-refractivity contribution in [1.29, 1.82) is 0 Å². The monoisotopic (exact) mass is 375 g/mol. The summed E-state index contributed by atoms with van der Waals surface area (Å²) in [6, 6.07) is 14.9. The molecular weight excluding hydrogens is 358 g/mol. The Labute approximate surface area is 156 Å². The van der Waals surface area contributed by atoms with Gasteiger partial charge in [-0.05, 0) is 36.6 Å². The Bertz CT molecular complexity index is 796. The van der Waals surface area contributed by atoms with Crippen molar-refractivity contribution in [2.45, 2.75) is 25.1 Å². The van der Waals surface area contributed by atoms with Crippen molar-refractivity contribution in [2.24, 2.45) is 0 Å². The number of nitrogens with zero attached hydrogens (tertiary/aromatic N) is 1. The van der Waals surface area contributed by atoms with Gasteiger partial charge in [0, 0.05) is 5.02 Å². The molecule has 130 valence electrons. The molecule has 1 aliphatic rings. The average molecular weight is 376 g/mol. The van der Waals surface area contributed by atoms with Gasteiger partial charge in [0.15, 0.2) is 0 Å². The number of para-hydroxylation sites is 1. The summed E-state index contributed by atoms with van der Waals surface area (Å²) in [7, 11) is 0. The van der Waals surface area contributed by atoms with Gasteiger partial charge in [-0.1, -0.05) is 59.8 Å². The average Bonchev–Trinajstić information content (AvgIpc) is 2.86. The van der Waals surface area contributed by atoms with Crippen LogP contribution in [-0.4, -0.2) is 27.9 Å². The molecule has 25 heavy (non-hydrogen) atoms. The molecular formula is C19H18ClNO3S. The van der Waals surface area contributed by atoms with E-state index in [-0.39, 0.29) is 17.7 Å². The first-order valence-corrected chi connectivity index (χ1v) is 9.32. The normalized spacial score (nSPS) is 17.2. The van der Waals surface area contributed by atoms with Crippen LogP contribution in [0.5, 0.6) is 5.75 Å². The van der Waals surface area contributed by atoms with Crippen molar-refractivity contribution in [3.63, 3.8) is 0 Å². The van der Waals surface area contributed by atoms with E-state index in [0.29, 0.717) is 18.1 Å². The number of carbonyl (C=O) groups is 2. The second kappa shape index (κ2) is 7.93. The summed E-state index contributed by atoms with van der Waals surface area (Å²) in [4.78, 5) is 26.3. The van der Waals surface area contributed by atoms with Crippen LogP contribution in [0.15, 0.2) is 48.5 Å². The van der Waals surface area contributed by atoms with Gasteiger partial charge in [-0.2, -0.15) is 0 Å². The van der Waals surface area contributed by atoms with E-state index in [9.17, 15) is 9.59 Å². The maximum atomic E-state index is 12.7. The summed E-state index contributed by atoms with van der Waals surface area (Å²) < 4.78 is 5.61. The van der Waals surface area contributed by atoms with E-state index in [1.54, 1.807) is 6.07 Å². The summed E-state index contributed by atoms with van der Waals surface area (Å²) in [5.74, 6) is 0.580. The van der Waals surface area contributed by atoms with Gasteiger partial charge in [0.2, 0.25) is 5.91 Å². The lowest BCUT2D eigenvalue weighted by Gasteiger charge is -2.15. The van der Waals surface area contributed by atoms with Crippen LogP contribution in [0.1, 0.15) is 18.1 Å². The lowest BCUT2D eigenvalue weighted by Crippen LogP contribution is -2.31. The molecule has 2 aromatic carbocycles. The molecule has 6 heteroatoms. The number of thioether (sulfide) groups is 1. The molecule has 1 fully saturated rings. The van der Waals surface area contributed by atoms with Gasteiger partial charge in [-0.25, -0.2) is 0 Å². The van der Waals surface area contributed by atoms with E-state index in [4.69, 9.17) is 16.3 Å². The van der Waals surface area contributed by atoms with Crippen LogP contribution in [0.3, 0.4) is 0 Å². The van der Waals surface area contributed by atoms with Gasteiger partial charge >= 0.3 is 0 Å². The zero-order valence-electron chi connectivity index (χ0n) is 13.8. The zero-order valence-corrected chi connectivity index (χ0v) is 15.3. The van der Waals surface area contributed by atoms with Gasteiger partial charge in [0.1, 0.15) is 5.75 Å². The van der Waals surface area contributed by atoms with Gasteiger partial charge in [0.25, 0.3) is 5.24 Å². The molecule has 1 aliphatic heterocycles. The van der Waals surface area contributed by atoms with Crippen LogP contribution in [0.4, 0.5) is 4.79 Å². The van der Waals surface area contributed by atoms with Crippen LogP contribution < -0.4 is 4.74 Å². The molecule has 4 nitrogen and oxygen atoms in total. The molecule has 3 rings (SSSR count). The van der Waals surface area contributed by atoms with E-state index in [1.165, 1.54) is 4.90 Å². The molecule has 0 saturated carbocycles. The van der Waals surface area contributed by atoms with E-state index in [2.05, 4.69) is 0 Å². The fraction of sp³-hybridized carbons (Fsp3) is 0.263. The Morgan fingerprint density at radius 3 is 2.48 bits per heavy atom. The second-order valence-electron chi connectivity index (χ2n) is 5.63. The minimum atomic E-state index is -0.434. The second-order valence-corrected chi connectivity index (χ2v) is 7.19. The van der Waals surface area contributed by atoms with Crippen molar-refractivity contribution in [3.8, 4) is 5.75 Å². The van der Waals surface area contributed by atoms with Crippen molar-refractivity contribution < 1.29 is 14.3 Å². The Balaban J connectivity index is 1.74. The van der Waals surface area contributed by atoms with E-state index in [0.717, 1.165) is 28.6 Å². The van der Waals surface area contributed by atoms with E-state index < -0.39 is 5.25 Å². The van der Waals surface area contributed by atoms with Crippen LogP contribution in [-0.2, 0) is 17.8 Å². The largest absolute Gasteiger partial charge is 0.494 e. The third-order valence-electron chi connectivity index (χ3n) is 3.97. The standard InChI is InChI=1S/C19H18ClNO3S/c1-2-24-16-10-6-4-7-13(16)11-17-18(22)21(19(23)25-17)12-14-8-3-5-9-15(14)20/h3-10,17H,2,11-12H2,1H3/t17-/m1/s1. The molecule has 2 amide bonds. The first-order chi connectivity index (χ1) is 12.1. The topological polar surface area (TPSA) is 46.6 Å². The SMILES string of the molecule is CCOc1ccccc1C[C@H]1SC(=O)N(Cc2ccccc2Cl)C1=O. The summed E-state index contributed by atoms with van der Waals surface area (Å²) in [6.07, 6.45) is 0.463. The number of benzene rings is 2. The molecule has 0 N–H and O–H groups in total. The molecule has 1 saturated heterocycles. The first-order valence-electron chi connectivity index (χ1n) is 8.06. The van der Waals surface area contributed by atoms with Crippen LogP contribution in [0, 0.1) is 0 Å². The Hall–Kier alpha value is -1.98. The third kappa shape index (κ3) is 3.99. The predicted molar refractivity (Wildman–Crippen MR) is 100 cm³/mol.